The van der Waals surface area contributed by atoms with Crippen LogP contribution in [0.1, 0.15) is 21.5 Å². The molecule has 124 valence electrons. The van der Waals surface area contributed by atoms with Crippen LogP contribution in [0.15, 0.2) is 59.3 Å². The van der Waals surface area contributed by atoms with Gasteiger partial charge in [-0.2, -0.15) is 5.26 Å². The predicted octanol–water partition coefficient (Wildman–Crippen LogP) is 3.62. The van der Waals surface area contributed by atoms with Crippen LogP contribution in [-0.4, -0.2) is 23.0 Å². The zero-order chi connectivity index (χ0) is 17.8. The summed E-state index contributed by atoms with van der Waals surface area (Å²) in [5, 5.41) is 12.5. The van der Waals surface area contributed by atoms with Crippen LogP contribution in [0.5, 0.6) is 0 Å². The van der Waals surface area contributed by atoms with Gasteiger partial charge in [0.05, 0.1) is 23.4 Å². The molecule has 0 N–H and O–H groups in total. The molecule has 0 unspecified atom stereocenters. The number of amides is 1. The van der Waals surface area contributed by atoms with Crippen LogP contribution in [-0.2, 0) is 6.54 Å². The average molecular weight is 335 g/mol. The molecule has 0 fully saturated rings. The second kappa shape index (κ2) is 6.97. The third kappa shape index (κ3) is 3.40. The summed E-state index contributed by atoms with van der Waals surface area (Å²) in [6, 6.07) is 15.1. The van der Waals surface area contributed by atoms with Gasteiger partial charge in [-0.25, -0.2) is 4.39 Å². The fourth-order valence-corrected chi connectivity index (χ4v) is 2.47. The van der Waals surface area contributed by atoms with E-state index in [-0.39, 0.29) is 22.8 Å². The van der Waals surface area contributed by atoms with Gasteiger partial charge in [-0.1, -0.05) is 29.4 Å². The van der Waals surface area contributed by atoms with Crippen molar-refractivity contribution in [3.05, 3.63) is 77.2 Å². The SMILES string of the molecule is CN(Cc1ccc(C#N)cc1)C(=O)c1cnoc1-c1ccccc1F. The number of nitrogens with zero attached hydrogens (tertiary/aromatic N) is 3. The van der Waals surface area contributed by atoms with E-state index in [1.165, 1.54) is 23.2 Å². The zero-order valence-corrected chi connectivity index (χ0v) is 13.4. The van der Waals surface area contributed by atoms with Crippen molar-refractivity contribution in [1.29, 1.82) is 5.26 Å². The number of rotatable bonds is 4. The third-order valence-corrected chi connectivity index (χ3v) is 3.77. The van der Waals surface area contributed by atoms with Gasteiger partial charge < -0.3 is 9.42 Å². The zero-order valence-electron chi connectivity index (χ0n) is 13.4. The summed E-state index contributed by atoms with van der Waals surface area (Å²) in [7, 11) is 1.64. The Morgan fingerprint density at radius 3 is 2.64 bits per heavy atom. The predicted molar refractivity (Wildman–Crippen MR) is 88.9 cm³/mol. The van der Waals surface area contributed by atoms with Gasteiger partial charge in [-0.05, 0) is 29.8 Å². The second-order valence-corrected chi connectivity index (χ2v) is 5.52. The molecule has 0 bridgehead atoms. The molecule has 5 nitrogen and oxygen atoms in total. The van der Waals surface area contributed by atoms with E-state index in [1.807, 2.05) is 6.07 Å². The lowest BCUT2D eigenvalue weighted by Gasteiger charge is -2.17. The maximum atomic E-state index is 14.0. The normalized spacial score (nSPS) is 10.3. The quantitative estimate of drug-likeness (QED) is 0.730. The lowest BCUT2D eigenvalue weighted by atomic mass is 10.1. The van der Waals surface area contributed by atoms with Crippen molar-refractivity contribution in [2.24, 2.45) is 0 Å². The van der Waals surface area contributed by atoms with E-state index in [0.717, 1.165) is 5.56 Å². The molecule has 0 radical (unpaired) electrons. The van der Waals surface area contributed by atoms with Gasteiger partial charge in [0.1, 0.15) is 11.4 Å². The Hall–Kier alpha value is -3.46. The number of nitriles is 1. The molecule has 6 heteroatoms. The summed E-state index contributed by atoms with van der Waals surface area (Å²) in [6.45, 7) is 0.340. The van der Waals surface area contributed by atoms with Gasteiger partial charge in [0.15, 0.2) is 5.76 Å². The summed E-state index contributed by atoms with van der Waals surface area (Å²) in [5.74, 6) is -0.707. The summed E-state index contributed by atoms with van der Waals surface area (Å²) < 4.78 is 19.1. The molecule has 1 aromatic heterocycles. The molecule has 0 aliphatic carbocycles. The van der Waals surface area contributed by atoms with Crippen molar-refractivity contribution in [3.8, 4) is 17.4 Å². The topological polar surface area (TPSA) is 70.1 Å². The Bertz CT molecular complexity index is 942. The van der Waals surface area contributed by atoms with Gasteiger partial charge in [0.25, 0.3) is 5.91 Å². The Labute approximate surface area is 143 Å². The first-order chi connectivity index (χ1) is 12.1. The first kappa shape index (κ1) is 16.4. The number of carbonyl (C=O) groups is 1. The highest BCUT2D eigenvalue weighted by atomic mass is 19.1. The lowest BCUT2D eigenvalue weighted by molar-refractivity contribution is 0.0785. The minimum Gasteiger partial charge on any atom is -0.355 e. The number of hydrogen-bond acceptors (Lipinski definition) is 4. The first-order valence-corrected chi connectivity index (χ1v) is 7.54. The Kier molecular flexibility index (Phi) is 4.57. The van der Waals surface area contributed by atoms with E-state index in [0.29, 0.717) is 12.1 Å². The molecular formula is C19H14FN3O2. The van der Waals surface area contributed by atoms with Gasteiger partial charge >= 0.3 is 0 Å². The van der Waals surface area contributed by atoms with Crippen LogP contribution in [0, 0.1) is 17.1 Å². The lowest BCUT2D eigenvalue weighted by Crippen LogP contribution is -2.26. The van der Waals surface area contributed by atoms with Crippen LogP contribution in [0.3, 0.4) is 0 Å². The van der Waals surface area contributed by atoms with Crippen LogP contribution >= 0.6 is 0 Å². The Morgan fingerprint density at radius 1 is 1.24 bits per heavy atom. The van der Waals surface area contributed by atoms with Gasteiger partial charge in [0.2, 0.25) is 0 Å². The molecule has 0 saturated heterocycles. The van der Waals surface area contributed by atoms with Crippen LogP contribution < -0.4 is 0 Å². The summed E-state index contributed by atoms with van der Waals surface area (Å²) in [4.78, 5) is 14.2. The van der Waals surface area contributed by atoms with Crippen molar-refractivity contribution >= 4 is 5.91 Å². The minimum absolute atomic E-state index is 0.106. The first-order valence-electron chi connectivity index (χ1n) is 7.54. The Morgan fingerprint density at radius 2 is 1.96 bits per heavy atom. The number of benzene rings is 2. The molecule has 1 heterocycles. The van der Waals surface area contributed by atoms with E-state index in [2.05, 4.69) is 5.16 Å². The van der Waals surface area contributed by atoms with Gasteiger partial charge in [-0.15, -0.1) is 0 Å². The molecule has 0 spiro atoms. The maximum absolute atomic E-state index is 14.0. The molecule has 2 aromatic carbocycles. The van der Waals surface area contributed by atoms with Crippen LogP contribution in [0.25, 0.3) is 11.3 Å². The maximum Gasteiger partial charge on any atom is 0.259 e. The summed E-state index contributed by atoms with van der Waals surface area (Å²) in [6.07, 6.45) is 1.29. The van der Waals surface area contributed by atoms with Crippen molar-refractivity contribution in [2.75, 3.05) is 7.05 Å². The smallest absolute Gasteiger partial charge is 0.259 e. The van der Waals surface area contributed by atoms with E-state index in [1.54, 1.807) is 43.4 Å². The van der Waals surface area contributed by atoms with Gasteiger partial charge in [-0.3, -0.25) is 4.79 Å². The number of hydrogen-bond donors (Lipinski definition) is 0. The van der Waals surface area contributed by atoms with Crippen LogP contribution in [0.4, 0.5) is 4.39 Å². The molecular weight excluding hydrogens is 321 g/mol. The monoisotopic (exact) mass is 335 g/mol. The molecule has 3 aromatic rings. The van der Waals surface area contributed by atoms with E-state index >= 15 is 0 Å². The molecule has 0 saturated carbocycles. The number of aromatic nitrogens is 1. The fourth-order valence-electron chi connectivity index (χ4n) is 2.47. The molecule has 0 atom stereocenters. The van der Waals surface area contributed by atoms with E-state index in [4.69, 9.17) is 9.78 Å². The van der Waals surface area contributed by atoms with Crippen LogP contribution in [0.2, 0.25) is 0 Å². The van der Waals surface area contributed by atoms with E-state index < -0.39 is 5.82 Å². The second-order valence-electron chi connectivity index (χ2n) is 5.52. The van der Waals surface area contributed by atoms with Crippen molar-refractivity contribution in [3.63, 3.8) is 0 Å². The molecule has 3 rings (SSSR count). The Balaban J connectivity index is 1.83. The molecule has 25 heavy (non-hydrogen) atoms. The summed E-state index contributed by atoms with van der Waals surface area (Å²) in [5.41, 5.74) is 1.81. The highest BCUT2D eigenvalue weighted by Crippen LogP contribution is 2.27. The van der Waals surface area contributed by atoms with Gasteiger partial charge in [0, 0.05) is 13.6 Å². The third-order valence-electron chi connectivity index (χ3n) is 3.77. The standard InChI is InChI=1S/C19H14FN3O2/c1-23(12-14-8-6-13(10-21)7-9-14)19(24)16-11-22-25-18(16)15-4-2-3-5-17(15)20/h2-9,11H,12H2,1H3. The molecule has 1 amide bonds. The van der Waals surface area contributed by atoms with Crippen molar-refractivity contribution < 1.29 is 13.7 Å². The molecule has 0 aliphatic heterocycles. The van der Waals surface area contributed by atoms with E-state index in [9.17, 15) is 9.18 Å². The number of halogens is 1. The highest BCUT2D eigenvalue weighted by molar-refractivity contribution is 5.99. The highest BCUT2D eigenvalue weighted by Gasteiger charge is 2.23. The largest absolute Gasteiger partial charge is 0.355 e. The average Bonchev–Trinajstić information content (AvgIpc) is 3.11. The van der Waals surface area contributed by atoms with Crippen molar-refractivity contribution in [2.45, 2.75) is 6.54 Å². The number of carbonyl (C=O) groups excluding carboxylic acids is 1. The fraction of sp³-hybridized carbons (Fsp3) is 0.105. The summed E-state index contributed by atoms with van der Waals surface area (Å²) >= 11 is 0. The molecule has 0 aliphatic rings. The van der Waals surface area contributed by atoms with Crippen molar-refractivity contribution in [1.82, 2.24) is 10.1 Å². The minimum atomic E-state index is -0.483.